The number of alkyl carbamates (subject to hydrolysis) is 1. The number of aromatic nitrogens is 2. The lowest BCUT2D eigenvalue weighted by Gasteiger charge is -2.20. The molecule has 0 aliphatic rings. The van der Waals surface area contributed by atoms with Crippen molar-refractivity contribution in [3.63, 3.8) is 0 Å². The number of esters is 1. The maximum atomic E-state index is 11.6. The first-order valence-electron chi connectivity index (χ1n) is 6.24. The molecule has 0 radical (unpaired) electrons. The summed E-state index contributed by atoms with van der Waals surface area (Å²) in [6.45, 7) is 6.99. The molecule has 9 heteroatoms. The van der Waals surface area contributed by atoms with Gasteiger partial charge in [0.15, 0.2) is 0 Å². The van der Waals surface area contributed by atoms with E-state index in [0.717, 1.165) is 11.8 Å². The van der Waals surface area contributed by atoms with E-state index in [1.807, 2.05) is 0 Å². The Hall–Kier alpha value is -1.77. The van der Waals surface area contributed by atoms with Gasteiger partial charge in [0, 0.05) is 0 Å². The third-order valence-corrected chi connectivity index (χ3v) is 2.86. The molecular weight excluding hydrogens is 298 g/mol. The fraction of sp³-hybridized carbons (Fsp3) is 0.667. The van der Waals surface area contributed by atoms with Crippen LogP contribution in [0.4, 0.5) is 4.79 Å². The molecule has 1 N–H and O–H groups in total. The summed E-state index contributed by atoms with van der Waals surface area (Å²) in [4.78, 5) is 22.6. The lowest BCUT2D eigenvalue weighted by molar-refractivity contribution is -0.137. The third kappa shape index (κ3) is 6.48. The van der Waals surface area contributed by atoms with E-state index < -0.39 is 17.7 Å². The second-order valence-electron chi connectivity index (χ2n) is 5.14. The molecule has 21 heavy (non-hydrogen) atoms. The molecule has 1 rings (SSSR count). The van der Waals surface area contributed by atoms with Crippen molar-refractivity contribution in [2.45, 2.75) is 44.6 Å². The minimum absolute atomic E-state index is 0.0754. The van der Waals surface area contributed by atoms with Gasteiger partial charge in [0.25, 0.3) is 5.22 Å². The largest absolute Gasteiger partial charge is 0.468 e. The Bertz CT molecular complexity index is 497. The third-order valence-electron chi connectivity index (χ3n) is 2.07. The fourth-order valence-corrected chi connectivity index (χ4v) is 1.78. The molecular formula is C12H19N3O5S. The van der Waals surface area contributed by atoms with E-state index in [0.29, 0.717) is 0 Å². The zero-order valence-corrected chi connectivity index (χ0v) is 13.4. The van der Waals surface area contributed by atoms with Crippen LogP contribution in [0.2, 0.25) is 0 Å². The molecule has 1 aromatic rings. The number of carbonyl (C=O) groups excluding carboxylic acids is 2. The van der Waals surface area contributed by atoms with Crippen LogP contribution in [-0.4, -0.2) is 40.7 Å². The van der Waals surface area contributed by atoms with E-state index in [1.165, 1.54) is 7.11 Å². The first-order valence-corrected chi connectivity index (χ1v) is 7.22. The van der Waals surface area contributed by atoms with Crippen LogP contribution in [-0.2, 0) is 14.3 Å². The number of hydrogen-bond donors (Lipinski definition) is 1. The van der Waals surface area contributed by atoms with E-state index in [1.54, 1.807) is 27.7 Å². The lowest BCUT2D eigenvalue weighted by Crippen LogP contribution is -2.34. The van der Waals surface area contributed by atoms with E-state index in [-0.39, 0.29) is 22.8 Å². The summed E-state index contributed by atoms with van der Waals surface area (Å²) in [5.41, 5.74) is -0.583. The van der Waals surface area contributed by atoms with E-state index in [2.05, 4.69) is 20.3 Å². The molecule has 0 bridgehead atoms. The zero-order valence-electron chi connectivity index (χ0n) is 12.6. The molecule has 1 aromatic heterocycles. The minimum Gasteiger partial charge on any atom is -0.468 e. The highest BCUT2D eigenvalue weighted by Crippen LogP contribution is 2.20. The molecule has 0 saturated heterocycles. The van der Waals surface area contributed by atoms with Crippen molar-refractivity contribution in [1.82, 2.24) is 15.5 Å². The summed E-state index contributed by atoms with van der Waals surface area (Å²) < 4.78 is 15.0. The van der Waals surface area contributed by atoms with Crippen molar-refractivity contribution in [2.75, 3.05) is 12.9 Å². The average Bonchev–Trinajstić information content (AvgIpc) is 2.82. The molecule has 0 aromatic carbocycles. The van der Waals surface area contributed by atoms with Crippen molar-refractivity contribution in [3.8, 4) is 0 Å². The number of thioether (sulfide) groups is 1. The Morgan fingerprint density at radius 3 is 2.62 bits per heavy atom. The predicted molar refractivity (Wildman–Crippen MR) is 74.8 cm³/mol. The minimum atomic E-state index is -0.583. The first kappa shape index (κ1) is 17.3. The van der Waals surface area contributed by atoms with Gasteiger partial charge in [-0.15, -0.1) is 10.2 Å². The van der Waals surface area contributed by atoms with Crippen LogP contribution < -0.4 is 5.32 Å². The van der Waals surface area contributed by atoms with Gasteiger partial charge in [-0.3, -0.25) is 4.79 Å². The summed E-state index contributed by atoms with van der Waals surface area (Å²) in [5.74, 6) is -0.0839. The van der Waals surface area contributed by atoms with Gasteiger partial charge >= 0.3 is 12.1 Å². The summed E-state index contributed by atoms with van der Waals surface area (Å²) in [6.07, 6.45) is -0.572. The molecule has 1 atom stereocenters. The number of nitrogens with one attached hydrogen (secondary N) is 1. The van der Waals surface area contributed by atoms with Crippen molar-refractivity contribution >= 4 is 23.8 Å². The molecule has 0 saturated carbocycles. The van der Waals surface area contributed by atoms with E-state index >= 15 is 0 Å². The Kier molecular flexibility index (Phi) is 6.01. The molecule has 0 fully saturated rings. The van der Waals surface area contributed by atoms with E-state index in [4.69, 9.17) is 9.15 Å². The number of rotatable bonds is 5. The predicted octanol–water partition coefficient (Wildman–Crippen LogP) is 1.92. The molecule has 0 unspecified atom stereocenters. The Balaban J connectivity index is 2.52. The SMILES string of the molecule is COC(=O)CSc1nnc([C@H](C)NC(=O)OC(C)(C)C)o1. The molecule has 118 valence electrons. The number of ether oxygens (including phenoxy) is 2. The van der Waals surface area contributed by atoms with Gasteiger partial charge in [-0.05, 0) is 27.7 Å². The van der Waals surface area contributed by atoms with Crippen LogP contribution >= 0.6 is 11.8 Å². The summed E-state index contributed by atoms with van der Waals surface area (Å²) in [6, 6.07) is -0.500. The molecule has 1 amide bonds. The van der Waals surface area contributed by atoms with Gasteiger partial charge in [0.1, 0.15) is 17.4 Å². The summed E-state index contributed by atoms with van der Waals surface area (Å²) >= 11 is 1.06. The summed E-state index contributed by atoms with van der Waals surface area (Å²) in [5, 5.41) is 10.4. The zero-order chi connectivity index (χ0) is 16.0. The number of carbonyl (C=O) groups is 2. The standard InChI is InChI=1S/C12H19N3O5S/c1-7(13-10(17)20-12(2,3)4)9-14-15-11(19-9)21-6-8(16)18-5/h7H,6H2,1-5H3,(H,13,17)/t7-/m0/s1. The average molecular weight is 317 g/mol. The van der Waals surface area contributed by atoms with Crippen LogP contribution in [0.1, 0.15) is 39.6 Å². The van der Waals surface area contributed by atoms with Crippen molar-refractivity contribution < 1.29 is 23.5 Å². The second kappa shape index (κ2) is 7.30. The Morgan fingerprint density at radius 2 is 2.05 bits per heavy atom. The van der Waals surface area contributed by atoms with Crippen LogP contribution in [0.15, 0.2) is 9.64 Å². The number of amides is 1. The molecule has 0 spiro atoms. The maximum absolute atomic E-state index is 11.6. The molecule has 0 aliphatic carbocycles. The van der Waals surface area contributed by atoms with E-state index in [9.17, 15) is 9.59 Å². The van der Waals surface area contributed by atoms with Crippen LogP contribution in [0.25, 0.3) is 0 Å². The van der Waals surface area contributed by atoms with Gasteiger partial charge in [-0.1, -0.05) is 11.8 Å². The Labute approximate surface area is 127 Å². The van der Waals surface area contributed by atoms with Crippen LogP contribution in [0, 0.1) is 0 Å². The van der Waals surface area contributed by atoms with Crippen molar-refractivity contribution in [1.29, 1.82) is 0 Å². The van der Waals surface area contributed by atoms with Gasteiger partial charge in [-0.25, -0.2) is 4.79 Å². The van der Waals surface area contributed by atoms with Crippen LogP contribution in [0.5, 0.6) is 0 Å². The van der Waals surface area contributed by atoms with Gasteiger partial charge in [-0.2, -0.15) is 0 Å². The van der Waals surface area contributed by atoms with Gasteiger partial charge in [0.2, 0.25) is 5.89 Å². The topological polar surface area (TPSA) is 104 Å². The van der Waals surface area contributed by atoms with Crippen LogP contribution in [0.3, 0.4) is 0 Å². The van der Waals surface area contributed by atoms with Crippen molar-refractivity contribution in [2.24, 2.45) is 0 Å². The monoisotopic (exact) mass is 317 g/mol. The molecule has 0 aliphatic heterocycles. The fourth-order valence-electron chi connectivity index (χ4n) is 1.18. The summed E-state index contributed by atoms with van der Waals surface area (Å²) in [7, 11) is 1.30. The highest BCUT2D eigenvalue weighted by atomic mass is 32.2. The highest BCUT2D eigenvalue weighted by Gasteiger charge is 2.21. The second-order valence-corrected chi connectivity index (χ2v) is 6.07. The van der Waals surface area contributed by atoms with Crippen molar-refractivity contribution in [3.05, 3.63) is 5.89 Å². The number of methoxy groups -OCH3 is 1. The number of nitrogens with zero attached hydrogens (tertiary/aromatic N) is 2. The molecule has 8 nitrogen and oxygen atoms in total. The smallest absolute Gasteiger partial charge is 0.408 e. The van der Waals surface area contributed by atoms with Gasteiger partial charge in [0.05, 0.1) is 7.11 Å². The Morgan fingerprint density at radius 1 is 1.38 bits per heavy atom. The maximum Gasteiger partial charge on any atom is 0.408 e. The number of hydrogen-bond acceptors (Lipinski definition) is 8. The van der Waals surface area contributed by atoms with Gasteiger partial charge < -0.3 is 19.2 Å². The highest BCUT2D eigenvalue weighted by molar-refractivity contribution is 7.99. The first-order chi connectivity index (χ1) is 9.71. The quantitative estimate of drug-likeness (QED) is 0.649. The lowest BCUT2D eigenvalue weighted by atomic mass is 10.2. The molecule has 1 heterocycles. The normalized spacial score (nSPS) is 12.6.